The van der Waals surface area contributed by atoms with Crippen LogP contribution in [0.3, 0.4) is 0 Å². The predicted molar refractivity (Wildman–Crippen MR) is 92.0 cm³/mol. The highest BCUT2D eigenvalue weighted by Gasteiger charge is 2.43. The lowest BCUT2D eigenvalue weighted by molar-refractivity contribution is -0.163. The molecular formula is C20H21FO4. The number of carbonyl (C=O) groups is 1. The summed E-state index contributed by atoms with van der Waals surface area (Å²) in [6.45, 7) is 0.563. The molecule has 1 heterocycles. The first-order valence-electron chi connectivity index (χ1n) is 8.23. The normalized spacial score (nSPS) is 19.6. The number of halogens is 1. The molecule has 0 N–H and O–H groups in total. The second kappa shape index (κ2) is 7.23. The number of ether oxygens (including phenoxy) is 3. The average molecular weight is 344 g/mol. The van der Waals surface area contributed by atoms with E-state index < -0.39 is 5.60 Å². The van der Waals surface area contributed by atoms with Crippen LogP contribution in [0.5, 0.6) is 5.75 Å². The van der Waals surface area contributed by atoms with Crippen LogP contribution in [-0.2, 0) is 20.7 Å². The molecule has 3 rings (SSSR count). The van der Waals surface area contributed by atoms with Gasteiger partial charge in [0.15, 0.2) is 5.60 Å². The van der Waals surface area contributed by atoms with E-state index in [0.717, 1.165) is 17.5 Å². The molecule has 5 heteroatoms. The molecule has 2 aromatic rings. The van der Waals surface area contributed by atoms with E-state index in [9.17, 15) is 9.18 Å². The van der Waals surface area contributed by atoms with Crippen molar-refractivity contribution < 1.29 is 23.4 Å². The van der Waals surface area contributed by atoms with E-state index in [1.165, 1.54) is 19.2 Å². The van der Waals surface area contributed by atoms with Crippen LogP contribution in [0.2, 0.25) is 0 Å². The molecule has 1 fully saturated rings. The van der Waals surface area contributed by atoms with Crippen molar-refractivity contribution in [1.29, 1.82) is 0 Å². The fraction of sp³-hybridized carbons (Fsp3) is 0.350. The highest BCUT2D eigenvalue weighted by Crippen LogP contribution is 2.33. The maximum absolute atomic E-state index is 13.6. The average Bonchev–Trinajstić information content (AvgIpc) is 3.11. The number of esters is 1. The zero-order chi connectivity index (χ0) is 17.9. The summed E-state index contributed by atoms with van der Waals surface area (Å²) in [5.74, 6) is -0.0379. The van der Waals surface area contributed by atoms with E-state index in [-0.39, 0.29) is 11.8 Å². The Hall–Kier alpha value is -2.40. The maximum atomic E-state index is 13.6. The summed E-state index contributed by atoms with van der Waals surface area (Å²) < 4.78 is 29.5. The quantitative estimate of drug-likeness (QED) is 0.775. The van der Waals surface area contributed by atoms with Crippen LogP contribution in [0, 0.1) is 5.82 Å². The van der Waals surface area contributed by atoms with Crippen molar-refractivity contribution in [2.45, 2.75) is 24.9 Å². The summed E-state index contributed by atoms with van der Waals surface area (Å²) in [5.41, 5.74) is 1.60. The lowest BCUT2D eigenvalue weighted by Gasteiger charge is -2.25. The van der Waals surface area contributed by atoms with Gasteiger partial charge in [0, 0.05) is 18.6 Å². The molecule has 0 spiro atoms. The first-order chi connectivity index (χ1) is 12.1. The van der Waals surface area contributed by atoms with E-state index in [1.807, 2.05) is 24.3 Å². The minimum Gasteiger partial charge on any atom is -0.496 e. The summed E-state index contributed by atoms with van der Waals surface area (Å²) in [6, 6.07) is 12.1. The molecule has 0 radical (unpaired) electrons. The Labute approximate surface area is 146 Å². The number of benzene rings is 2. The van der Waals surface area contributed by atoms with E-state index in [4.69, 9.17) is 14.2 Å². The molecule has 4 nitrogen and oxygen atoms in total. The van der Waals surface area contributed by atoms with E-state index >= 15 is 0 Å². The zero-order valence-corrected chi connectivity index (χ0v) is 14.4. The van der Waals surface area contributed by atoms with Gasteiger partial charge in [-0.05, 0) is 42.2 Å². The summed E-state index contributed by atoms with van der Waals surface area (Å²) in [5, 5.41) is 0. The number of rotatable bonds is 5. The summed E-state index contributed by atoms with van der Waals surface area (Å²) in [7, 11) is 2.94. The van der Waals surface area contributed by atoms with Gasteiger partial charge in [0.2, 0.25) is 0 Å². The van der Waals surface area contributed by atoms with Gasteiger partial charge in [-0.1, -0.05) is 24.3 Å². The van der Waals surface area contributed by atoms with Crippen LogP contribution in [-0.4, -0.2) is 32.4 Å². The van der Waals surface area contributed by atoms with Gasteiger partial charge in [-0.25, -0.2) is 9.18 Å². The van der Waals surface area contributed by atoms with Gasteiger partial charge < -0.3 is 14.2 Å². The van der Waals surface area contributed by atoms with Crippen LogP contribution in [0.1, 0.15) is 18.4 Å². The molecule has 132 valence electrons. The molecule has 0 bridgehead atoms. The van der Waals surface area contributed by atoms with Gasteiger partial charge in [-0.3, -0.25) is 0 Å². The Morgan fingerprint density at radius 3 is 2.56 bits per heavy atom. The highest BCUT2D eigenvalue weighted by atomic mass is 19.1. The van der Waals surface area contributed by atoms with Gasteiger partial charge in [0.1, 0.15) is 11.6 Å². The van der Waals surface area contributed by atoms with Crippen molar-refractivity contribution in [3.05, 3.63) is 53.8 Å². The van der Waals surface area contributed by atoms with Crippen molar-refractivity contribution in [2.24, 2.45) is 0 Å². The Bertz CT molecular complexity index is 749. The Kier molecular flexibility index (Phi) is 5.04. The van der Waals surface area contributed by atoms with Crippen LogP contribution < -0.4 is 4.74 Å². The van der Waals surface area contributed by atoms with E-state index in [2.05, 4.69) is 0 Å². The third kappa shape index (κ3) is 3.51. The first kappa shape index (κ1) is 17.4. The molecule has 1 unspecified atom stereocenters. The van der Waals surface area contributed by atoms with Crippen LogP contribution in [0.15, 0.2) is 42.5 Å². The van der Waals surface area contributed by atoms with Crippen molar-refractivity contribution in [1.82, 2.24) is 0 Å². The Balaban J connectivity index is 1.85. The Morgan fingerprint density at radius 2 is 1.96 bits per heavy atom. The lowest BCUT2D eigenvalue weighted by Crippen LogP contribution is -2.41. The lowest BCUT2D eigenvalue weighted by atomic mass is 9.90. The van der Waals surface area contributed by atoms with Gasteiger partial charge in [-0.15, -0.1) is 0 Å². The number of methoxy groups -OCH3 is 2. The molecule has 0 aromatic heterocycles. The molecule has 1 aliphatic heterocycles. The minimum absolute atomic E-state index is 0.316. The van der Waals surface area contributed by atoms with Crippen molar-refractivity contribution >= 4 is 5.97 Å². The second-order valence-electron chi connectivity index (χ2n) is 6.16. The molecule has 0 aliphatic carbocycles. The molecule has 1 aliphatic rings. The third-order valence-corrected chi connectivity index (χ3v) is 4.58. The molecule has 1 saturated heterocycles. The van der Waals surface area contributed by atoms with E-state index in [0.29, 0.717) is 30.8 Å². The van der Waals surface area contributed by atoms with Gasteiger partial charge in [0.25, 0.3) is 0 Å². The standard InChI is InChI=1S/C20H21FO4/c1-23-18-9-8-16(21)12-17(18)15-6-4-14(5-7-15)13-20(19(22)24-2)10-3-11-25-20/h4-9,12H,3,10-11,13H2,1-2H3. The van der Waals surface area contributed by atoms with Gasteiger partial charge in [-0.2, -0.15) is 0 Å². The smallest absolute Gasteiger partial charge is 0.338 e. The minimum atomic E-state index is -0.896. The molecule has 25 heavy (non-hydrogen) atoms. The monoisotopic (exact) mass is 344 g/mol. The van der Waals surface area contributed by atoms with Gasteiger partial charge >= 0.3 is 5.97 Å². The number of hydrogen-bond donors (Lipinski definition) is 0. The number of hydrogen-bond acceptors (Lipinski definition) is 4. The molecule has 1 atom stereocenters. The van der Waals surface area contributed by atoms with Crippen molar-refractivity contribution in [3.8, 4) is 16.9 Å². The largest absolute Gasteiger partial charge is 0.496 e. The molecule has 2 aromatic carbocycles. The first-order valence-corrected chi connectivity index (χ1v) is 8.23. The van der Waals surface area contributed by atoms with E-state index in [1.54, 1.807) is 13.2 Å². The van der Waals surface area contributed by atoms with Gasteiger partial charge in [0.05, 0.1) is 14.2 Å². The Morgan fingerprint density at radius 1 is 1.20 bits per heavy atom. The highest BCUT2D eigenvalue weighted by molar-refractivity contribution is 5.80. The maximum Gasteiger partial charge on any atom is 0.338 e. The second-order valence-corrected chi connectivity index (χ2v) is 6.16. The SMILES string of the molecule is COC(=O)C1(Cc2ccc(-c3cc(F)ccc3OC)cc2)CCCO1. The number of carbonyl (C=O) groups excluding carboxylic acids is 1. The van der Waals surface area contributed by atoms with Crippen molar-refractivity contribution in [3.63, 3.8) is 0 Å². The molecular weight excluding hydrogens is 323 g/mol. The fourth-order valence-corrected chi connectivity index (χ4v) is 3.29. The van der Waals surface area contributed by atoms with Crippen LogP contribution in [0.4, 0.5) is 4.39 Å². The molecule has 0 amide bonds. The zero-order valence-electron chi connectivity index (χ0n) is 14.4. The molecule has 0 saturated carbocycles. The topological polar surface area (TPSA) is 44.8 Å². The third-order valence-electron chi connectivity index (χ3n) is 4.58. The van der Waals surface area contributed by atoms with Crippen LogP contribution >= 0.6 is 0 Å². The fourth-order valence-electron chi connectivity index (χ4n) is 3.29. The van der Waals surface area contributed by atoms with Crippen molar-refractivity contribution in [2.75, 3.05) is 20.8 Å². The summed E-state index contributed by atoms with van der Waals surface area (Å²) in [4.78, 5) is 12.1. The summed E-state index contributed by atoms with van der Waals surface area (Å²) in [6.07, 6.45) is 1.95. The summed E-state index contributed by atoms with van der Waals surface area (Å²) >= 11 is 0. The van der Waals surface area contributed by atoms with Crippen LogP contribution in [0.25, 0.3) is 11.1 Å². The predicted octanol–water partition coefficient (Wildman–Crippen LogP) is 3.77.